The number of nitrogens with zero attached hydrogens (tertiary/aromatic N) is 3. The molecular weight excluding hydrogens is 438 g/mol. The van der Waals surface area contributed by atoms with Crippen LogP contribution in [-0.2, 0) is 13.1 Å². The molecule has 3 aromatic rings. The third-order valence-corrected chi connectivity index (χ3v) is 6.45. The Balaban J connectivity index is 1.28. The minimum absolute atomic E-state index is 0.151. The molecule has 1 aromatic carbocycles. The third kappa shape index (κ3) is 5.92. The fourth-order valence-electron chi connectivity index (χ4n) is 4.39. The maximum atomic E-state index is 13.0. The molecule has 0 spiro atoms. The van der Waals surface area contributed by atoms with Gasteiger partial charge in [0, 0.05) is 55.4 Å². The van der Waals surface area contributed by atoms with Crippen LogP contribution in [0.3, 0.4) is 0 Å². The average Bonchev–Trinajstić information content (AvgIpc) is 3.65. The van der Waals surface area contributed by atoms with Gasteiger partial charge >= 0.3 is 0 Å². The van der Waals surface area contributed by atoms with Crippen LogP contribution >= 0.6 is 0 Å². The first-order chi connectivity index (χ1) is 17.1. The van der Waals surface area contributed by atoms with Gasteiger partial charge in [0.2, 0.25) is 0 Å². The molecule has 3 heterocycles. The highest BCUT2D eigenvalue weighted by atomic mass is 16.3. The molecule has 4 N–H and O–H groups in total. The van der Waals surface area contributed by atoms with E-state index in [1.807, 2.05) is 24.3 Å². The number of benzene rings is 1. The van der Waals surface area contributed by atoms with Crippen molar-refractivity contribution < 1.29 is 9.90 Å². The maximum Gasteiger partial charge on any atom is 0.255 e. The molecule has 1 atom stereocenters. The number of aliphatic hydroxyl groups excluding tert-OH is 1. The molecule has 0 radical (unpaired) electrons. The van der Waals surface area contributed by atoms with E-state index in [1.165, 1.54) is 11.1 Å². The zero-order valence-electron chi connectivity index (χ0n) is 19.6. The second-order valence-corrected chi connectivity index (χ2v) is 9.24. The normalized spacial score (nSPS) is 17.6. The van der Waals surface area contributed by atoms with Crippen molar-refractivity contribution in [3.63, 3.8) is 0 Å². The first-order valence-electron chi connectivity index (χ1n) is 12.0. The largest absolute Gasteiger partial charge is 0.392 e. The summed E-state index contributed by atoms with van der Waals surface area (Å²) in [7, 11) is 0. The van der Waals surface area contributed by atoms with Crippen molar-refractivity contribution >= 4 is 11.6 Å². The maximum absolute atomic E-state index is 13.0. The molecular formula is C28H29N5O2. The van der Waals surface area contributed by atoms with Crippen LogP contribution in [0.2, 0.25) is 0 Å². The zero-order chi connectivity index (χ0) is 24.2. The Kier molecular flexibility index (Phi) is 6.87. The lowest BCUT2D eigenvalue weighted by atomic mass is 9.99. The van der Waals surface area contributed by atoms with E-state index in [4.69, 9.17) is 5.73 Å². The van der Waals surface area contributed by atoms with Crippen molar-refractivity contribution in [2.24, 2.45) is 5.73 Å². The van der Waals surface area contributed by atoms with Crippen molar-refractivity contribution in [3.8, 4) is 11.8 Å². The zero-order valence-corrected chi connectivity index (χ0v) is 19.6. The second-order valence-electron chi connectivity index (χ2n) is 9.24. The number of carbonyl (C=O) groups is 1. The van der Waals surface area contributed by atoms with Gasteiger partial charge in [-0.3, -0.25) is 14.7 Å². The Morgan fingerprint density at radius 1 is 1.11 bits per heavy atom. The van der Waals surface area contributed by atoms with Crippen LogP contribution in [0.25, 0.3) is 0 Å². The number of nitrogens with two attached hydrogens (primary N) is 1. The Labute approximate surface area is 205 Å². The molecule has 178 valence electrons. The summed E-state index contributed by atoms with van der Waals surface area (Å²) in [5.74, 6) is 6.44. The molecule has 7 heteroatoms. The summed E-state index contributed by atoms with van der Waals surface area (Å²) in [4.78, 5) is 23.8. The summed E-state index contributed by atoms with van der Waals surface area (Å²) in [5, 5.41) is 12.8. The fraction of sp³-hybridized carbons (Fsp3) is 0.321. The highest BCUT2D eigenvalue weighted by Crippen LogP contribution is 2.42. The Morgan fingerprint density at radius 3 is 2.71 bits per heavy atom. The second kappa shape index (κ2) is 10.4. The van der Waals surface area contributed by atoms with Gasteiger partial charge in [-0.25, -0.2) is 4.98 Å². The quantitative estimate of drug-likeness (QED) is 0.482. The van der Waals surface area contributed by atoms with Gasteiger partial charge < -0.3 is 16.2 Å². The molecule has 0 bridgehead atoms. The van der Waals surface area contributed by atoms with Gasteiger partial charge in [-0.15, -0.1) is 0 Å². The molecule has 1 saturated carbocycles. The average molecular weight is 468 g/mol. The highest BCUT2D eigenvalue weighted by molar-refractivity contribution is 6.04. The number of aliphatic hydroxyl groups is 1. The highest BCUT2D eigenvalue weighted by Gasteiger charge is 2.28. The molecule has 2 aromatic heterocycles. The SMILES string of the molecule is NCc1ccc(C#Cc2cc(NC(=O)c3ccc(CN4CC[C@@H](O)C4)c(C4CC4)c3)ccn2)cn1. The van der Waals surface area contributed by atoms with Gasteiger partial charge in [-0.1, -0.05) is 12.0 Å². The molecule has 5 rings (SSSR count). The number of carbonyl (C=O) groups excluding carboxylic acids is 1. The van der Waals surface area contributed by atoms with E-state index in [2.05, 4.69) is 38.1 Å². The van der Waals surface area contributed by atoms with E-state index >= 15 is 0 Å². The number of hydrogen-bond acceptors (Lipinski definition) is 6. The van der Waals surface area contributed by atoms with Crippen LogP contribution in [0.15, 0.2) is 54.9 Å². The molecule has 0 unspecified atom stereocenters. The number of amides is 1. The fourth-order valence-corrected chi connectivity index (χ4v) is 4.39. The lowest BCUT2D eigenvalue weighted by Gasteiger charge is -2.18. The molecule has 35 heavy (non-hydrogen) atoms. The lowest BCUT2D eigenvalue weighted by molar-refractivity contribution is 0.102. The first-order valence-corrected chi connectivity index (χ1v) is 12.0. The van der Waals surface area contributed by atoms with Crippen molar-refractivity contribution in [1.29, 1.82) is 0 Å². The van der Waals surface area contributed by atoms with E-state index < -0.39 is 0 Å². The van der Waals surface area contributed by atoms with Crippen molar-refractivity contribution in [2.45, 2.75) is 44.4 Å². The predicted molar refractivity (Wildman–Crippen MR) is 135 cm³/mol. The number of rotatable bonds is 6. The van der Waals surface area contributed by atoms with E-state index in [1.54, 1.807) is 24.5 Å². The molecule has 1 aliphatic carbocycles. The minimum Gasteiger partial charge on any atom is -0.392 e. The van der Waals surface area contributed by atoms with Gasteiger partial charge in [-0.2, -0.15) is 0 Å². The Bertz CT molecular complexity index is 1270. The summed E-state index contributed by atoms with van der Waals surface area (Å²) in [5.41, 5.74) is 11.5. The number of likely N-dealkylation sites (tertiary alicyclic amines) is 1. The smallest absolute Gasteiger partial charge is 0.255 e. The van der Waals surface area contributed by atoms with Crippen LogP contribution in [0, 0.1) is 11.8 Å². The summed E-state index contributed by atoms with van der Waals surface area (Å²) in [6, 6.07) is 13.2. The molecule has 2 fully saturated rings. The molecule has 1 saturated heterocycles. The monoisotopic (exact) mass is 467 g/mol. The number of β-amino-alcohol motifs (C(OH)–C–C–N with tert-alkyl or cyclic N) is 1. The first kappa shape index (κ1) is 23.2. The minimum atomic E-state index is -0.229. The summed E-state index contributed by atoms with van der Waals surface area (Å²) in [6.45, 7) is 2.84. The number of pyridine rings is 2. The summed E-state index contributed by atoms with van der Waals surface area (Å²) in [6.07, 6.45) is 6.25. The number of anilines is 1. The number of nitrogens with one attached hydrogen (secondary N) is 1. The Morgan fingerprint density at radius 2 is 2.00 bits per heavy atom. The van der Waals surface area contributed by atoms with E-state index in [0.29, 0.717) is 29.4 Å². The lowest BCUT2D eigenvalue weighted by Crippen LogP contribution is -2.22. The third-order valence-electron chi connectivity index (χ3n) is 6.45. The van der Waals surface area contributed by atoms with E-state index in [-0.39, 0.29) is 12.0 Å². The van der Waals surface area contributed by atoms with Crippen LogP contribution < -0.4 is 11.1 Å². The molecule has 1 amide bonds. The topological polar surface area (TPSA) is 104 Å². The van der Waals surface area contributed by atoms with Crippen LogP contribution in [-0.4, -0.2) is 45.1 Å². The standard InChI is InChI=1S/C28H29N5O2/c29-15-25-8-2-19(16-31-25)1-7-23-14-24(9-11-30-23)32-28(35)21-5-6-22(27(13-21)20-3-4-20)17-33-12-10-26(34)18-33/h2,5-6,8-9,11,13-14,16,20,26,34H,3-4,10,12,15,17-18,29H2,(H,30,32,35)/t26-/m1/s1. The van der Waals surface area contributed by atoms with Crippen molar-refractivity contribution in [3.05, 3.63) is 88.5 Å². The molecule has 2 aliphatic rings. The predicted octanol–water partition coefficient (Wildman–Crippen LogP) is 3.03. The van der Waals surface area contributed by atoms with Crippen LogP contribution in [0.1, 0.15) is 63.6 Å². The van der Waals surface area contributed by atoms with E-state index in [0.717, 1.165) is 50.2 Å². The molecule has 1 aliphatic heterocycles. The van der Waals surface area contributed by atoms with Gasteiger partial charge in [0.25, 0.3) is 5.91 Å². The van der Waals surface area contributed by atoms with E-state index in [9.17, 15) is 9.90 Å². The molecule has 7 nitrogen and oxygen atoms in total. The van der Waals surface area contributed by atoms with Crippen LogP contribution in [0.5, 0.6) is 0 Å². The van der Waals surface area contributed by atoms with Crippen molar-refractivity contribution in [1.82, 2.24) is 14.9 Å². The number of aromatic nitrogens is 2. The van der Waals surface area contributed by atoms with Gasteiger partial charge in [0.15, 0.2) is 0 Å². The van der Waals surface area contributed by atoms with Gasteiger partial charge in [0.1, 0.15) is 5.69 Å². The van der Waals surface area contributed by atoms with Crippen molar-refractivity contribution in [2.75, 3.05) is 18.4 Å². The Hall–Kier alpha value is -3.57. The van der Waals surface area contributed by atoms with Gasteiger partial charge in [0.05, 0.1) is 11.8 Å². The number of hydrogen-bond donors (Lipinski definition) is 3. The summed E-state index contributed by atoms with van der Waals surface area (Å²) >= 11 is 0. The van der Waals surface area contributed by atoms with Crippen LogP contribution in [0.4, 0.5) is 5.69 Å². The van der Waals surface area contributed by atoms with Gasteiger partial charge in [-0.05, 0) is 78.6 Å². The summed E-state index contributed by atoms with van der Waals surface area (Å²) < 4.78 is 0.